The lowest BCUT2D eigenvalue weighted by molar-refractivity contribution is 0.0969. The van der Waals surface area contributed by atoms with E-state index < -0.39 is 23.1 Å². The lowest BCUT2D eigenvalue weighted by atomic mass is 10.1. The van der Waals surface area contributed by atoms with Gasteiger partial charge < -0.3 is 5.32 Å². The molecule has 0 saturated carbocycles. The molecular weight excluding hydrogens is 386 g/mol. The Morgan fingerprint density at radius 2 is 1.96 bits per heavy atom. The first-order valence-electron chi connectivity index (χ1n) is 8.32. The van der Waals surface area contributed by atoms with Crippen LogP contribution in [0.5, 0.6) is 0 Å². The molecule has 4 rings (SSSR count). The number of carbonyl (C=O) groups excluding carboxylic acids is 1. The van der Waals surface area contributed by atoms with Crippen molar-refractivity contribution in [3.63, 3.8) is 0 Å². The van der Waals surface area contributed by atoms with Crippen molar-refractivity contribution in [2.45, 2.75) is 5.25 Å². The minimum absolute atomic E-state index is 0.0441. The molecule has 1 aliphatic heterocycles. The van der Waals surface area contributed by atoms with Crippen molar-refractivity contribution in [3.8, 4) is 11.4 Å². The van der Waals surface area contributed by atoms with Crippen molar-refractivity contribution < 1.29 is 13.6 Å². The quantitative estimate of drug-likeness (QED) is 0.731. The van der Waals surface area contributed by atoms with Crippen LogP contribution in [-0.2, 0) is 7.05 Å². The van der Waals surface area contributed by atoms with Gasteiger partial charge in [-0.05, 0) is 29.0 Å². The summed E-state index contributed by atoms with van der Waals surface area (Å²) in [6, 6.07) is 10.9. The van der Waals surface area contributed by atoms with Gasteiger partial charge in [0.2, 0.25) is 5.82 Å². The molecule has 1 aliphatic rings. The average molecular weight is 400 g/mol. The van der Waals surface area contributed by atoms with Crippen LogP contribution in [0.3, 0.4) is 0 Å². The van der Waals surface area contributed by atoms with E-state index in [4.69, 9.17) is 0 Å². The first-order valence-corrected chi connectivity index (χ1v) is 9.20. The Balaban J connectivity index is 1.46. The monoisotopic (exact) mass is 400 g/mol. The summed E-state index contributed by atoms with van der Waals surface area (Å²) in [6.45, 7) is 0.428. The fourth-order valence-corrected chi connectivity index (χ4v) is 3.77. The molecule has 3 aromatic rings. The summed E-state index contributed by atoms with van der Waals surface area (Å²) < 4.78 is 27.5. The molecule has 142 valence electrons. The number of amides is 1. The summed E-state index contributed by atoms with van der Waals surface area (Å²) in [6.07, 6.45) is 0. The molecule has 0 spiro atoms. The molecule has 0 fully saturated rings. The van der Waals surface area contributed by atoms with Crippen LogP contribution < -0.4 is 5.32 Å². The third-order valence-corrected chi connectivity index (χ3v) is 5.25. The number of rotatable bonds is 3. The minimum atomic E-state index is -0.915. The molecule has 2 heterocycles. The molecule has 0 bridgehead atoms. The first-order chi connectivity index (χ1) is 13.5. The number of aryl methyl sites for hydroxylation is 1. The predicted octanol–water partition coefficient (Wildman–Crippen LogP) is 2.73. The van der Waals surface area contributed by atoms with Gasteiger partial charge in [-0.1, -0.05) is 36.0 Å². The summed E-state index contributed by atoms with van der Waals surface area (Å²) in [5.41, 5.74) is 1.17. The fourth-order valence-electron chi connectivity index (χ4n) is 2.77. The van der Waals surface area contributed by atoms with Crippen molar-refractivity contribution in [1.82, 2.24) is 25.5 Å². The van der Waals surface area contributed by atoms with Gasteiger partial charge in [0.1, 0.15) is 17.2 Å². The van der Waals surface area contributed by atoms with Gasteiger partial charge in [-0.2, -0.15) is 4.80 Å². The van der Waals surface area contributed by atoms with E-state index >= 15 is 0 Å². The summed E-state index contributed by atoms with van der Waals surface area (Å²) in [7, 11) is 1.69. The molecule has 1 N–H and O–H groups in total. The molecule has 0 aliphatic carbocycles. The topological polar surface area (TPSA) is 85.1 Å². The molecule has 1 aromatic heterocycles. The van der Waals surface area contributed by atoms with E-state index in [2.05, 4.69) is 25.7 Å². The van der Waals surface area contributed by atoms with Crippen LogP contribution in [0.1, 0.15) is 21.2 Å². The predicted molar refractivity (Wildman–Crippen MR) is 101 cm³/mol. The lowest BCUT2D eigenvalue weighted by Crippen LogP contribution is -2.29. The molecular formula is C18H14F2N6OS. The SMILES string of the molecule is Cn1nnc(-c2cccc(C3CN=C(NC(=O)c4c(F)cccc4F)S3)c2)n1. The summed E-state index contributed by atoms with van der Waals surface area (Å²) in [5, 5.41) is 14.8. The molecule has 0 saturated heterocycles. The van der Waals surface area contributed by atoms with Crippen LogP contribution in [0.2, 0.25) is 0 Å². The summed E-state index contributed by atoms with van der Waals surface area (Å²) >= 11 is 1.32. The van der Waals surface area contributed by atoms with Crippen molar-refractivity contribution in [2.24, 2.45) is 12.0 Å². The van der Waals surface area contributed by atoms with Crippen LogP contribution in [0.4, 0.5) is 8.78 Å². The van der Waals surface area contributed by atoms with Crippen molar-refractivity contribution in [2.75, 3.05) is 6.54 Å². The van der Waals surface area contributed by atoms with Crippen molar-refractivity contribution in [3.05, 3.63) is 65.2 Å². The summed E-state index contributed by atoms with van der Waals surface area (Å²) in [5.74, 6) is -2.18. The van der Waals surface area contributed by atoms with Gasteiger partial charge in [-0.3, -0.25) is 9.79 Å². The fraction of sp³-hybridized carbons (Fsp3) is 0.167. The average Bonchev–Trinajstić information content (AvgIpc) is 3.31. The Morgan fingerprint density at radius 1 is 1.21 bits per heavy atom. The maximum Gasteiger partial charge on any atom is 0.263 e. The largest absolute Gasteiger partial charge is 0.301 e. The number of halogens is 2. The van der Waals surface area contributed by atoms with E-state index in [1.807, 2.05) is 24.3 Å². The van der Waals surface area contributed by atoms with Gasteiger partial charge in [-0.25, -0.2) is 8.78 Å². The minimum Gasteiger partial charge on any atom is -0.301 e. The zero-order valence-corrected chi connectivity index (χ0v) is 15.5. The number of hydrogen-bond acceptors (Lipinski definition) is 6. The lowest BCUT2D eigenvalue weighted by Gasteiger charge is -2.10. The summed E-state index contributed by atoms with van der Waals surface area (Å²) in [4.78, 5) is 17.9. The second-order valence-electron chi connectivity index (χ2n) is 6.03. The molecule has 0 radical (unpaired) electrons. The van der Waals surface area contributed by atoms with E-state index in [-0.39, 0.29) is 5.25 Å². The number of thioether (sulfide) groups is 1. The molecule has 1 atom stereocenters. The number of benzene rings is 2. The number of nitrogens with zero attached hydrogens (tertiary/aromatic N) is 5. The molecule has 1 amide bonds. The number of aromatic nitrogens is 4. The van der Waals surface area contributed by atoms with Crippen molar-refractivity contribution >= 4 is 22.8 Å². The second kappa shape index (κ2) is 7.47. The van der Waals surface area contributed by atoms with E-state index in [9.17, 15) is 13.6 Å². The number of aliphatic imine (C=N–C) groups is 1. The Bertz CT molecular complexity index is 1060. The number of nitrogens with one attached hydrogen (secondary N) is 1. The van der Waals surface area contributed by atoms with Gasteiger partial charge in [0.25, 0.3) is 5.91 Å². The third kappa shape index (κ3) is 3.63. The van der Waals surface area contributed by atoms with Gasteiger partial charge in [0, 0.05) is 5.56 Å². The third-order valence-electron chi connectivity index (χ3n) is 4.09. The zero-order valence-electron chi connectivity index (χ0n) is 14.6. The molecule has 7 nitrogen and oxygen atoms in total. The van der Waals surface area contributed by atoms with Crippen LogP contribution in [0.15, 0.2) is 47.5 Å². The molecule has 10 heteroatoms. The number of tetrazole rings is 1. The first kappa shape index (κ1) is 18.2. The van der Waals surface area contributed by atoms with Crippen LogP contribution in [-0.4, -0.2) is 37.8 Å². The van der Waals surface area contributed by atoms with Gasteiger partial charge in [0.15, 0.2) is 5.17 Å². The normalized spacial score (nSPS) is 16.1. The molecule has 28 heavy (non-hydrogen) atoms. The van der Waals surface area contributed by atoms with Crippen LogP contribution >= 0.6 is 11.8 Å². The van der Waals surface area contributed by atoms with Crippen LogP contribution in [0.25, 0.3) is 11.4 Å². The Labute approximate surface area is 162 Å². The number of carbonyl (C=O) groups is 1. The number of amidine groups is 1. The highest BCUT2D eigenvalue weighted by Gasteiger charge is 2.25. The van der Waals surface area contributed by atoms with Gasteiger partial charge >= 0.3 is 0 Å². The maximum atomic E-state index is 13.8. The molecule has 1 unspecified atom stereocenters. The highest BCUT2D eigenvalue weighted by atomic mass is 32.2. The highest BCUT2D eigenvalue weighted by molar-refractivity contribution is 8.14. The highest BCUT2D eigenvalue weighted by Crippen LogP contribution is 2.35. The van der Waals surface area contributed by atoms with Crippen LogP contribution in [0, 0.1) is 11.6 Å². The van der Waals surface area contributed by atoms with Crippen molar-refractivity contribution in [1.29, 1.82) is 0 Å². The van der Waals surface area contributed by atoms with E-state index in [0.29, 0.717) is 17.5 Å². The van der Waals surface area contributed by atoms with E-state index in [1.54, 1.807) is 7.05 Å². The Kier molecular flexibility index (Phi) is 4.86. The van der Waals surface area contributed by atoms with E-state index in [1.165, 1.54) is 22.6 Å². The Morgan fingerprint density at radius 3 is 2.68 bits per heavy atom. The number of hydrogen-bond donors (Lipinski definition) is 1. The maximum absolute atomic E-state index is 13.8. The zero-order chi connectivity index (χ0) is 19.7. The van der Waals surface area contributed by atoms with E-state index in [0.717, 1.165) is 23.3 Å². The Hall–Kier alpha value is -3.14. The van der Waals surface area contributed by atoms with Gasteiger partial charge in [0.05, 0.1) is 18.8 Å². The smallest absolute Gasteiger partial charge is 0.263 e. The second-order valence-corrected chi connectivity index (χ2v) is 7.22. The molecule has 2 aromatic carbocycles. The standard InChI is InChI=1S/C18H14F2N6OS/c1-26-24-16(23-25-26)11-5-2-4-10(8-11)14-9-21-18(28-14)22-17(27)15-12(19)6-3-7-13(15)20/h2-8,14H,9H2,1H3,(H,21,22,27). The van der Waals surface area contributed by atoms with Gasteiger partial charge in [-0.15, -0.1) is 10.2 Å².